The number of hydrogen-bond donors (Lipinski definition) is 2. The SMILES string of the molecule is C.CC1(C)CCC[C@@H](CN)O1.CC1(C)CCC[C@@H](CNS(C)(=O)=O)O1. The lowest BCUT2D eigenvalue weighted by atomic mass is 9.95. The zero-order valence-electron chi connectivity index (χ0n) is 15.9. The molecule has 0 bridgehead atoms. The highest BCUT2D eigenvalue weighted by atomic mass is 32.2. The molecule has 7 heteroatoms. The van der Waals surface area contributed by atoms with Crippen molar-refractivity contribution in [2.45, 2.75) is 97.1 Å². The van der Waals surface area contributed by atoms with Crippen LogP contribution < -0.4 is 10.5 Å². The van der Waals surface area contributed by atoms with E-state index in [-0.39, 0.29) is 24.7 Å². The number of rotatable bonds is 4. The van der Waals surface area contributed by atoms with E-state index in [0.717, 1.165) is 25.7 Å². The van der Waals surface area contributed by atoms with Gasteiger partial charge in [0.2, 0.25) is 10.0 Å². The van der Waals surface area contributed by atoms with Crippen molar-refractivity contribution in [1.82, 2.24) is 4.72 Å². The van der Waals surface area contributed by atoms with Crippen molar-refractivity contribution in [3.8, 4) is 0 Å². The second-order valence-corrected chi connectivity index (χ2v) is 9.97. The van der Waals surface area contributed by atoms with E-state index in [0.29, 0.717) is 19.2 Å². The van der Waals surface area contributed by atoms with Crippen molar-refractivity contribution in [2.75, 3.05) is 19.3 Å². The van der Waals surface area contributed by atoms with E-state index in [2.05, 4.69) is 18.6 Å². The minimum absolute atomic E-state index is 0. The van der Waals surface area contributed by atoms with Crippen LogP contribution >= 0.6 is 0 Å². The Morgan fingerprint density at radius 1 is 1.00 bits per heavy atom. The third-order valence-corrected chi connectivity index (χ3v) is 5.11. The third-order valence-electron chi connectivity index (χ3n) is 4.42. The topological polar surface area (TPSA) is 90.6 Å². The van der Waals surface area contributed by atoms with Gasteiger partial charge in [0.05, 0.1) is 29.7 Å². The van der Waals surface area contributed by atoms with Gasteiger partial charge in [-0.3, -0.25) is 0 Å². The molecule has 0 amide bonds. The Morgan fingerprint density at radius 2 is 1.44 bits per heavy atom. The van der Waals surface area contributed by atoms with Crippen molar-refractivity contribution in [1.29, 1.82) is 0 Å². The van der Waals surface area contributed by atoms with Crippen molar-refractivity contribution in [3.63, 3.8) is 0 Å². The first-order valence-corrected chi connectivity index (χ1v) is 10.8. The highest BCUT2D eigenvalue weighted by Gasteiger charge is 2.29. The minimum Gasteiger partial charge on any atom is -0.371 e. The maximum Gasteiger partial charge on any atom is 0.208 e. The van der Waals surface area contributed by atoms with Gasteiger partial charge in [-0.2, -0.15) is 0 Å². The summed E-state index contributed by atoms with van der Waals surface area (Å²) in [6.07, 6.45) is 8.15. The molecule has 0 saturated carbocycles. The molecule has 2 aliphatic heterocycles. The van der Waals surface area contributed by atoms with E-state index >= 15 is 0 Å². The Bertz CT molecular complexity index is 477. The Kier molecular flexibility index (Phi) is 10.1. The van der Waals surface area contributed by atoms with Crippen LogP contribution in [0.4, 0.5) is 0 Å². The van der Waals surface area contributed by atoms with E-state index in [1.54, 1.807) is 0 Å². The average molecular weight is 381 g/mol. The van der Waals surface area contributed by atoms with Gasteiger partial charge in [-0.1, -0.05) is 7.43 Å². The lowest BCUT2D eigenvalue weighted by Gasteiger charge is -2.36. The molecular weight excluding hydrogens is 340 g/mol. The Labute approximate surface area is 155 Å². The summed E-state index contributed by atoms with van der Waals surface area (Å²) in [6.45, 7) is 9.41. The number of ether oxygens (including phenoxy) is 2. The lowest BCUT2D eigenvalue weighted by Crippen LogP contribution is -2.41. The molecule has 2 atom stereocenters. The molecule has 2 fully saturated rings. The van der Waals surface area contributed by atoms with E-state index < -0.39 is 10.0 Å². The van der Waals surface area contributed by atoms with E-state index in [9.17, 15) is 8.42 Å². The zero-order valence-corrected chi connectivity index (χ0v) is 16.7. The molecule has 6 nitrogen and oxygen atoms in total. The van der Waals surface area contributed by atoms with Crippen LogP contribution in [0.25, 0.3) is 0 Å². The summed E-state index contributed by atoms with van der Waals surface area (Å²) in [5, 5.41) is 0. The van der Waals surface area contributed by atoms with Gasteiger partial charge >= 0.3 is 0 Å². The summed E-state index contributed by atoms with van der Waals surface area (Å²) in [6, 6.07) is 0. The highest BCUT2D eigenvalue weighted by molar-refractivity contribution is 7.88. The second-order valence-electron chi connectivity index (χ2n) is 8.14. The number of hydrogen-bond acceptors (Lipinski definition) is 5. The Morgan fingerprint density at radius 3 is 1.80 bits per heavy atom. The lowest BCUT2D eigenvalue weighted by molar-refractivity contribution is -0.103. The second kappa shape index (κ2) is 10.2. The molecule has 0 aliphatic carbocycles. The number of nitrogens with two attached hydrogens (primary N) is 1. The summed E-state index contributed by atoms with van der Waals surface area (Å²) in [5.41, 5.74) is 5.46. The quantitative estimate of drug-likeness (QED) is 0.782. The van der Waals surface area contributed by atoms with Crippen molar-refractivity contribution < 1.29 is 17.9 Å². The van der Waals surface area contributed by atoms with Gasteiger partial charge in [0.1, 0.15) is 0 Å². The molecule has 0 aromatic heterocycles. The predicted molar refractivity (Wildman–Crippen MR) is 104 cm³/mol. The first kappa shape index (κ1) is 24.8. The maximum atomic E-state index is 10.9. The molecule has 0 unspecified atom stereocenters. The fourth-order valence-corrected chi connectivity index (χ4v) is 3.69. The Hall–Kier alpha value is -0.210. The molecular formula is C18H40N2O4S. The number of sulfonamides is 1. The van der Waals surface area contributed by atoms with Crippen LogP contribution in [-0.2, 0) is 19.5 Å². The van der Waals surface area contributed by atoms with Gasteiger partial charge in [0, 0.05) is 13.1 Å². The van der Waals surface area contributed by atoms with Crippen LogP contribution in [0.1, 0.15) is 73.6 Å². The summed E-state index contributed by atoms with van der Waals surface area (Å²) < 4.78 is 35.7. The summed E-state index contributed by atoms with van der Waals surface area (Å²) in [7, 11) is -3.09. The van der Waals surface area contributed by atoms with Crippen molar-refractivity contribution in [2.24, 2.45) is 5.73 Å². The smallest absolute Gasteiger partial charge is 0.208 e. The standard InChI is InChI=1S/C9H19NO3S.C8H17NO.CH4/c1-9(2)6-4-5-8(13-9)7-10-14(3,11)12;1-8(2)5-3-4-7(6-9)10-8;/h8,10H,4-7H2,1-3H3;7H,3-6,9H2,1-2H3;1H4/t8-;7-;/m00./s1. The van der Waals surface area contributed by atoms with Crippen LogP contribution in [0, 0.1) is 0 Å². The van der Waals surface area contributed by atoms with Crippen LogP contribution in [-0.4, -0.2) is 51.2 Å². The third kappa shape index (κ3) is 11.2. The predicted octanol–water partition coefficient (Wildman–Crippen LogP) is 2.81. The first-order chi connectivity index (χ1) is 10.9. The molecule has 0 spiro atoms. The molecule has 2 aliphatic rings. The summed E-state index contributed by atoms with van der Waals surface area (Å²) in [5.74, 6) is 0. The molecule has 0 aromatic carbocycles. The van der Waals surface area contributed by atoms with Crippen LogP contribution in [0.15, 0.2) is 0 Å². The fraction of sp³-hybridized carbons (Fsp3) is 1.00. The highest BCUT2D eigenvalue weighted by Crippen LogP contribution is 2.28. The molecule has 0 radical (unpaired) electrons. The molecule has 25 heavy (non-hydrogen) atoms. The first-order valence-electron chi connectivity index (χ1n) is 8.93. The molecule has 0 aromatic rings. The van der Waals surface area contributed by atoms with Gasteiger partial charge in [-0.15, -0.1) is 0 Å². The van der Waals surface area contributed by atoms with Gasteiger partial charge in [0.25, 0.3) is 0 Å². The molecule has 2 heterocycles. The largest absolute Gasteiger partial charge is 0.371 e. The molecule has 3 N–H and O–H groups in total. The summed E-state index contributed by atoms with van der Waals surface area (Å²) in [4.78, 5) is 0. The number of nitrogens with one attached hydrogen (secondary N) is 1. The van der Waals surface area contributed by atoms with Gasteiger partial charge in [0.15, 0.2) is 0 Å². The normalized spacial score (nSPS) is 28.2. The Balaban J connectivity index is 0.000000465. The van der Waals surface area contributed by atoms with Crippen LogP contribution in [0.5, 0.6) is 0 Å². The van der Waals surface area contributed by atoms with Crippen molar-refractivity contribution >= 4 is 10.0 Å². The van der Waals surface area contributed by atoms with E-state index in [1.165, 1.54) is 19.1 Å². The monoisotopic (exact) mass is 380 g/mol. The van der Waals surface area contributed by atoms with Crippen LogP contribution in [0.3, 0.4) is 0 Å². The van der Waals surface area contributed by atoms with Crippen molar-refractivity contribution in [3.05, 3.63) is 0 Å². The van der Waals surface area contributed by atoms with E-state index in [4.69, 9.17) is 15.2 Å². The molecule has 152 valence electrons. The molecule has 2 rings (SSSR count). The average Bonchev–Trinajstić information content (AvgIpc) is 2.43. The van der Waals surface area contributed by atoms with E-state index in [1.807, 2.05) is 13.8 Å². The van der Waals surface area contributed by atoms with Gasteiger partial charge in [-0.25, -0.2) is 13.1 Å². The van der Waals surface area contributed by atoms with Gasteiger partial charge < -0.3 is 15.2 Å². The summed E-state index contributed by atoms with van der Waals surface area (Å²) >= 11 is 0. The fourth-order valence-electron chi connectivity index (χ4n) is 3.20. The maximum absolute atomic E-state index is 10.9. The zero-order chi connectivity index (χ0) is 18.4. The minimum atomic E-state index is -3.09. The van der Waals surface area contributed by atoms with Gasteiger partial charge in [-0.05, 0) is 66.2 Å². The van der Waals surface area contributed by atoms with Crippen LogP contribution in [0.2, 0.25) is 0 Å². The molecule has 2 saturated heterocycles.